The van der Waals surface area contributed by atoms with Crippen molar-refractivity contribution in [3.05, 3.63) is 119 Å². The molecule has 4 aliphatic rings. The molecule has 7 rings (SSSR count). The lowest BCUT2D eigenvalue weighted by atomic mass is 9.50. The highest BCUT2D eigenvalue weighted by molar-refractivity contribution is 6.03. The highest BCUT2D eigenvalue weighted by atomic mass is 16.5. The topological polar surface area (TPSA) is 43.4 Å². The minimum atomic E-state index is -0.969. The molecule has 1 saturated carbocycles. The van der Waals surface area contributed by atoms with Crippen molar-refractivity contribution in [2.45, 2.75) is 37.4 Å². The molecule has 3 aromatic rings. The summed E-state index contributed by atoms with van der Waals surface area (Å²) in [4.78, 5) is 29.0. The van der Waals surface area contributed by atoms with Gasteiger partial charge >= 0.3 is 0 Å². The Morgan fingerprint density at radius 2 is 1.20 bits per heavy atom. The molecule has 0 N–H and O–H groups in total. The number of ether oxygens (including phenoxy) is 1. The third-order valence-corrected chi connectivity index (χ3v) is 9.09. The second kappa shape index (κ2) is 7.35. The van der Waals surface area contributed by atoms with Crippen LogP contribution < -0.4 is 0 Å². The predicted molar refractivity (Wildman–Crippen MR) is 134 cm³/mol. The molecule has 3 aromatic carbocycles. The lowest BCUT2D eigenvalue weighted by molar-refractivity contribution is -0.149. The van der Waals surface area contributed by atoms with Crippen LogP contribution in [-0.4, -0.2) is 11.6 Å². The minimum absolute atomic E-state index is 0.196. The fraction of sp³-hybridized carbons (Fsp3) is 0.312. The number of rotatable bonds is 3. The van der Waals surface area contributed by atoms with Crippen LogP contribution in [0.1, 0.15) is 48.4 Å². The first-order chi connectivity index (χ1) is 17.1. The van der Waals surface area contributed by atoms with E-state index in [1.165, 1.54) is 5.57 Å². The van der Waals surface area contributed by atoms with Gasteiger partial charge in [0.2, 0.25) is 0 Å². The first-order valence-electron chi connectivity index (χ1n) is 12.8. The number of benzene rings is 3. The minimum Gasteiger partial charge on any atom is -0.348 e. The monoisotopic (exact) mass is 460 g/mol. The number of carbonyl (C=O) groups excluding carboxylic acids is 2. The molecule has 2 heterocycles. The molecule has 2 fully saturated rings. The largest absolute Gasteiger partial charge is 0.348 e. The van der Waals surface area contributed by atoms with Crippen LogP contribution in [0.4, 0.5) is 0 Å². The smallest absolute Gasteiger partial charge is 0.144 e. The van der Waals surface area contributed by atoms with E-state index in [1.54, 1.807) is 0 Å². The van der Waals surface area contributed by atoms with Crippen molar-refractivity contribution in [2.24, 2.45) is 23.7 Å². The van der Waals surface area contributed by atoms with Crippen LogP contribution in [0.15, 0.2) is 96.6 Å². The second-order valence-electron chi connectivity index (χ2n) is 10.5. The van der Waals surface area contributed by atoms with Crippen LogP contribution in [0, 0.1) is 23.7 Å². The second-order valence-corrected chi connectivity index (χ2v) is 10.5. The fourth-order valence-corrected chi connectivity index (χ4v) is 7.64. The first-order valence-corrected chi connectivity index (χ1v) is 12.8. The summed E-state index contributed by atoms with van der Waals surface area (Å²) in [5, 5.41) is 0. The van der Waals surface area contributed by atoms with Gasteiger partial charge in [0.25, 0.3) is 0 Å². The molecule has 0 spiro atoms. The summed E-state index contributed by atoms with van der Waals surface area (Å²) in [5.74, 6) is -1.19. The van der Waals surface area contributed by atoms with Crippen molar-refractivity contribution in [3.8, 4) is 0 Å². The Hall–Kier alpha value is -3.30. The Kier molecular flexibility index (Phi) is 4.41. The number of allylic oxidation sites excluding steroid dienone is 2. The number of fused-ring (bicyclic) bond motifs is 9. The van der Waals surface area contributed by atoms with Gasteiger partial charge in [-0.05, 0) is 41.5 Å². The summed E-state index contributed by atoms with van der Waals surface area (Å²) < 4.78 is 7.28. The zero-order valence-electron chi connectivity index (χ0n) is 19.8. The Morgan fingerprint density at radius 1 is 0.714 bits per heavy atom. The van der Waals surface area contributed by atoms with Crippen molar-refractivity contribution in [3.63, 3.8) is 0 Å². The van der Waals surface area contributed by atoms with E-state index in [2.05, 4.69) is 49.4 Å². The normalized spacial score (nSPS) is 34.7. The van der Waals surface area contributed by atoms with Gasteiger partial charge in [-0.15, -0.1) is 0 Å². The van der Waals surface area contributed by atoms with Crippen LogP contribution in [-0.2, 0) is 25.5 Å². The standard InChI is InChI=1S/C32H28O3/c1-2-20-17-18-23-24(19-20)30(34)28-27(29(23)33)31(21-11-5-3-6-12-21)25-15-9-10-16-26(25)32(28,35-31)22-13-7-4-8-14-22/h3-17,23-24,27-28H,2,18-19H2,1H3/t23-,24+,27-,28-,31-,32-/m0/s1. The molecule has 0 unspecified atom stereocenters. The Bertz CT molecular complexity index is 1370. The fourth-order valence-electron chi connectivity index (χ4n) is 7.64. The average Bonchev–Trinajstić information content (AvgIpc) is 3.42. The third kappa shape index (κ3) is 2.49. The first kappa shape index (κ1) is 21.0. The molecule has 0 amide bonds. The molecule has 2 aliphatic carbocycles. The Labute approximate surface area is 205 Å². The van der Waals surface area contributed by atoms with Gasteiger partial charge in [0, 0.05) is 11.8 Å². The van der Waals surface area contributed by atoms with E-state index in [0.717, 1.165) is 28.7 Å². The van der Waals surface area contributed by atoms with E-state index in [-0.39, 0.29) is 23.4 Å². The van der Waals surface area contributed by atoms with Crippen molar-refractivity contribution in [1.82, 2.24) is 0 Å². The molecular formula is C32H28O3. The summed E-state index contributed by atoms with van der Waals surface area (Å²) in [5.41, 5.74) is 3.32. The molecule has 0 aromatic heterocycles. The summed E-state index contributed by atoms with van der Waals surface area (Å²) in [6.07, 6.45) is 4.49. The lowest BCUT2D eigenvalue weighted by Crippen LogP contribution is -2.57. The summed E-state index contributed by atoms with van der Waals surface area (Å²) in [6, 6.07) is 28.5. The van der Waals surface area contributed by atoms with Crippen molar-refractivity contribution < 1.29 is 14.3 Å². The molecule has 3 heteroatoms. The third-order valence-electron chi connectivity index (χ3n) is 9.09. The number of carbonyl (C=O) groups is 2. The van der Waals surface area contributed by atoms with Crippen molar-refractivity contribution in [2.75, 3.05) is 0 Å². The maximum absolute atomic E-state index is 14.5. The lowest BCUT2D eigenvalue weighted by Gasteiger charge is -2.47. The Balaban J connectivity index is 1.54. The van der Waals surface area contributed by atoms with Gasteiger partial charge in [-0.25, -0.2) is 0 Å². The van der Waals surface area contributed by atoms with Gasteiger partial charge in [0.1, 0.15) is 22.8 Å². The molecule has 2 aliphatic heterocycles. The molecular weight excluding hydrogens is 432 g/mol. The Morgan fingerprint density at radius 3 is 1.71 bits per heavy atom. The number of Topliss-reactive ketones (excluding diaryl/α,β-unsaturated/α-hetero) is 2. The van der Waals surface area contributed by atoms with E-state index in [1.807, 2.05) is 48.5 Å². The molecule has 35 heavy (non-hydrogen) atoms. The summed E-state index contributed by atoms with van der Waals surface area (Å²) in [6.45, 7) is 2.14. The van der Waals surface area contributed by atoms with Gasteiger partial charge in [0.05, 0.1) is 11.8 Å². The van der Waals surface area contributed by atoms with Crippen LogP contribution >= 0.6 is 0 Å². The zero-order valence-corrected chi connectivity index (χ0v) is 19.8. The van der Waals surface area contributed by atoms with Crippen LogP contribution in [0.25, 0.3) is 0 Å². The van der Waals surface area contributed by atoms with Crippen molar-refractivity contribution in [1.29, 1.82) is 0 Å². The van der Waals surface area contributed by atoms with Gasteiger partial charge in [-0.1, -0.05) is 104 Å². The average molecular weight is 461 g/mol. The van der Waals surface area contributed by atoms with Gasteiger partial charge < -0.3 is 4.74 Å². The van der Waals surface area contributed by atoms with Crippen LogP contribution in [0.3, 0.4) is 0 Å². The number of ketones is 2. The maximum atomic E-state index is 14.5. The highest BCUT2D eigenvalue weighted by Gasteiger charge is 2.77. The van der Waals surface area contributed by atoms with Crippen LogP contribution in [0.5, 0.6) is 0 Å². The van der Waals surface area contributed by atoms with Crippen LogP contribution in [0.2, 0.25) is 0 Å². The van der Waals surface area contributed by atoms with E-state index in [9.17, 15) is 9.59 Å². The molecule has 3 nitrogen and oxygen atoms in total. The van der Waals surface area contributed by atoms with Gasteiger partial charge in [-0.2, -0.15) is 0 Å². The number of hydrogen-bond acceptors (Lipinski definition) is 3. The molecule has 2 bridgehead atoms. The molecule has 6 atom stereocenters. The summed E-state index contributed by atoms with van der Waals surface area (Å²) >= 11 is 0. The predicted octanol–water partition coefficient (Wildman–Crippen LogP) is 5.96. The number of hydrogen-bond donors (Lipinski definition) is 0. The SMILES string of the molecule is CCC1=CC[C@@H]2C(=O)[C@@H]3[C@@H](C(=O)[C@@H]2C1)[C@@]1(c2ccccc2)O[C@@]3(c2ccccc2)c2ccccc21. The maximum Gasteiger partial charge on any atom is 0.144 e. The highest BCUT2D eigenvalue weighted by Crippen LogP contribution is 2.71. The van der Waals surface area contributed by atoms with E-state index in [0.29, 0.717) is 12.8 Å². The van der Waals surface area contributed by atoms with Gasteiger partial charge in [-0.3, -0.25) is 9.59 Å². The molecule has 174 valence electrons. The van der Waals surface area contributed by atoms with E-state index in [4.69, 9.17) is 4.74 Å². The zero-order chi connectivity index (χ0) is 23.8. The van der Waals surface area contributed by atoms with Gasteiger partial charge in [0.15, 0.2) is 0 Å². The quantitative estimate of drug-likeness (QED) is 0.453. The van der Waals surface area contributed by atoms with Crippen molar-refractivity contribution >= 4 is 11.6 Å². The molecule has 1 saturated heterocycles. The molecule has 0 radical (unpaired) electrons. The van der Waals surface area contributed by atoms with E-state index >= 15 is 0 Å². The summed E-state index contributed by atoms with van der Waals surface area (Å²) in [7, 11) is 0. The van der Waals surface area contributed by atoms with E-state index < -0.39 is 23.0 Å².